The highest BCUT2D eigenvalue weighted by atomic mass is 127. The molecule has 0 unspecified atom stereocenters. The summed E-state index contributed by atoms with van der Waals surface area (Å²) in [5.41, 5.74) is -0.598. The van der Waals surface area contributed by atoms with Crippen LogP contribution in [0.3, 0.4) is 0 Å². The maximum Gasteiger partial charge on any atom is 0.387 e. The molecule has 9 rings (SSSR count). The van der Waals surface area contributed by atoms with Gasteiger partial charge in [-0.15, -0.1) is 0 Å². The molecule has 2 N–H and O–H groups in total. The number of nitrogens with one attached hydrogen (secondary N) is 2. The number of H-pyrrole nitrogens is 2. The number of aromatic nitrogens is 4. The maximum absolute atomic E-state index is 17.1. The lowest BCUT2D eigenvalue weighted by atomic mass is 9.89. The number of fused-ring (bicyclic) bond motifs is 8. The van der Waals surface area contributed by atoms with Gasteiger partial charge in [0.25, 0.3) is 0 Å². The molecule has 8 bridgehead atoms. The van der Waals surface area contributed by atoms with Gasteiger partial charge < -0.3 is 9.97 Å². The van der Waals surface area contributed by atoms with E-state index in [9.17, 15) is 17.6 Å². The number of hydrogen-bond acceptors (Lipinski definition) is 2. The molecule has 68 heavy (non-hydrogen) atoms. The second kappa shape index (κ2) is 17.3. The predicted molar refractivity (Wildman–Crippen MR) is 258 cm³/mol. The SMILES string of the molecule is FC(F)(I)C(F)(F)C(F)(F)C(F)(F)C(F)(F)C1=Cc2nc1c(-c1ccc(Cl)cc1)c1ccc([nH]1)c(-c1ccc(Cl)cc1)c1nc(c(-c3ccc(Cl)cc3)c3ccc([nH]3)c2-c2ccc(Cl)cc2)C=C1. The van der Waals surface area contributed by atoms with Crippen LogP contribution < -0.4 is 0 Å². The van der Waals surface area contributed by atoms with Gasteiger partial charge in [-0.2, -0.15) is 43.9 Å². The number of aromatic amines is 2. The molecule has 0 radical (unpaired) electrons. The van der Waals surface area contributed by atoms with Crippen LogP contribution in [0.5, 0.6) is 0 Å². The molecule has 0 atom stereocenters. The molecule has 5 heterocycles. The Morgan fingerprint density at radius 3 is 1.06 bits per heavy atom. The van der Waals surface area contributed by atoms with Crippen LogP contribution in [0.15, 0.2) is 121 Å². The van der Waals surface area contributed by atoms with Gasteiger partial charge in [0.05, 0.1) is 28.3 Å². The van der Waals surface area contributed by atoms with Crippen molar-refractivity contribution in [1.82, 2.24) is 19.9 Å². The van der Waals surface area contributed by atoms with Crippen molar-refractivity contribution >= 4 is 115 Å². The van der Waals surface area contributed by atoms with E-state index in [0.717, 1.165) is 0 Å². The molecule has 346 valence electrons. The van der Waals surface area contributed by atoms with E-state index in [-0.39, 0.29) is 43.3 Å². The molecule has 4 nitrogen and oxygen atoms in total. The fraction of sp³-hybridized carbons (Fsp3) is 0.102. The van der Waals surface area contributed by atoms with Gasteiger partial charge in [0, 0.05) is 87.0 Å². The third-order valence-electron chi connectivity index (χ3n) is 11.3. The van der Waals surface area contributed by atoms with Crippen LogP contribution in [-0.4, -0.2) is 47.6 Å². The summed E-state index contributed by atoms with van der Waals surface area (Å²) in [6.07, 6.45) is 3.86. The summed E-state index contributed by atoms with van der Waals surface area (Å²) in [5.74, 6) is -27.9. The monoisotopic (exact) mass is 1130 g/mol. The first-order chi connectivity index (χ1) is 32.0. The molecule has 7 aromatic rings. The number of alkyl halides is 11. The molecule has 0 saturated carbocycles. The quantitative estimate of drug-likeness (QED) is 0.0860. The van der Waals surface area contributed by atoms with Crippen LogP contribution in [0.1, 0.15) is 22.8 Å². The Bertz CT molecular complexity index is 3370. The van der Waals surface area contributed by atoms with E-state index < -0.39 is 72.7 Å². The second-order valence-corrected chi connectivity index (χ2v) is 18.6. The van der Waals surface area contributed by atoms with Gasteiger partial charge in [-0.25, -0.2) is 9.97 Å². The Hall–Kier alpha value is -5.33. The van der Waals surface area contributed by atoms with Crippen molar-refractivity contribution in [2.75, 3.05) is 0 Å². The van der Waals surface area contributed by atoms with Crippen LogP contribution in [0.2, 0.25) is 20.1 Å². The van der Waals surface area contributed by atoms with E-state index in [1.165, 1.54) is 66.7 Å². The molecule has 0 saturated heterocycles. The normalized spacial score (nSPS) is 13.5. The lowest BCUT2D eigenvalue weighted by Crippen LogP contribution is -2.66. The molecule has 3 aromatic heterocycles. The summed E-state index contributed by atoms with van der Waals surface area (Å²) in [5, 5.41) is 1.16. The highest BCUT2D eigenvalue weighted by molar-refractivity contribution is 14.1. The highest BCUT2D eigenvalue weighted by Gasteiger charge is 2.86. The minimum absolute atomic E-state index is 0.0519. The zero-order valence-corrected chi connectivity index (χ0v) is 39.0. The van der Waals surface area contributed by atoms with Crippen molar-refractivity contribution in [3.8, 4) is 44.5 Å². The highest BCUT2D eigenvalue weighted by Crippen LogP contribution is 2.62. The lowest BCUT2D eigenvalue weighted by Gasteiger charge is -2.38. The van der Waals surface area contributed by atoms with E-state index in [2.05, 4.69) is 15.0 Å². The second-order valence-electron chi connectivity index (χ2n) is 15.5. The van der Waals surface area contributed by atoms with Crippen molar-refractivity contribution in [3.05, 3.63) is 164 Å². The Kier molecular flexibility index (Phi) is 12.1. The molecule has 0 amide bonds. The molecular formula is C49H25Cl4F10IN4. The van der Waals surface area contributed by atoms with E-state index in [1.807, 2.05) is 0 Å². The van der Waals surface area contributed by atoms with Gasteiger partial charge in [-0.05, 0) is 113 Å². The zero-order chi connectivity index (χ0) is 48.7. The molecule has 0 spiro atoms. The van der Waals surface area contributed by atoms with E-state index in [1.54, 1.807) is 66.7 Å². The van der Waals surface area contributed by atoms with Crippen LogP contribution >= 0.6 is 69.0 Å². The third kappa shape index (κ3) is 8.06. The van der Waals surface area contributed by atoms with Crippen molar-refractivity contribution in [3.63, 3.8) is 0 Å². The number of allylic oxidation sites excluding steroid dienone is 1. The summed E-state index contributed by atoms with van der Waals surface area (Å²) in [6, 6.07) is 30.4. The molecule has 2 aliphatic rings. The number of halogens is 15. The van der Waals surface area contributed by atoms with Gasteiger partial charge in [-0.1, -0.05) is 94.9 Å². The van der Waals surface area contributed by atoms with Crippen LogP contribution in [-0.2, 0) is 0 Å². The Morgan fingerprint density at radius 2 is 0.706 bits per heavy atom. The van der Waals surface area contributed by atoms with Gasteiger partial charge in [0.1, 0.15) is 0 Å². The first kappa shape index (κ1) is 47.7. The lowest BCUT2D eigenvalue weighted by molar-refractivity contribution is -0.375. The Balaban J connectivity index is 1.51. The Labute approximate surface area is 412 Å². The number of hydrogen-bond donors (Lipinski definition) is 2. The summed E-state index contributed by atoms with van der Waals surface area (Å²) >= 11 is 24.6. The fourth-order valence-electron chi connectivity index (χ4n) is 7.94. The topological polar surface area (TPSA) is 57.4 Å². The summed E-state index contributed by atoms with van der Waals surface area (Å²) < 4.78 is 149. The summed E-state index contributed by atoms with van der Waals surface area (Å²) in [7, 11) is 0. The van der Waals surface area contributed by atoms with E-state index in [0.29, 0.717) is 55.3 Å². The average molecular weight is 1130 g/mol. The largest absolute Gasteiger partial charge is 0.387 e. The maximum atomic E-state index is 17.1. The molecule has 19 heteroatoms. The molecular weight excluding hydrogens is 1100 g/mol. The van der Waals surface area contributed by atoms with Crippen LogP contribution in [0.25, 0.3) is 90.4 Å². The first-order valence-corrected chi connectivity index (χ1v) is 22.4. The standard InChI is InChI=1S/C49H25Cl4F10IN4/c50-28-9-1-24(2-10-28)40-33-17-18-34(65-33)41(25-3-11-29(51)12-4-25)36-21-22-38(67-36)43(27-7-15-31(53)16-8-27)44-32(45(54,55)46(56,57)47(58,59)48(60,61)49(62,63)64)23-39(68-44)42(37-20-19-35(40)66-37)26-5-13-30(52)14-6-26/h1-23,66-67H. The molecule has 2 aliphatic heterocycles. The van der Waals surface area contributed by atoms with Crippen LogP contribution in [0, 0.1) is 0 Å². The fourth-order valence-corrected chi connectivity index (χ4v) is 8.78. The van der Waals surface area contributed by atoms with Crippen molar-refractivity contribution < 1.29 is 43.9 Å². The summed E-state index contributed by atoms with van der Waals surface area (Å²) in [4.78, 5) is 16.0. The molecule has 4 aromatic carbocycles. The minimum Gasteiger partial charge on any atom is -0.354 e. The van der Waals surface area contributed by atoms with Crippen LogP contribution in [0.4, 0.5) is 43.9 Å². The minimum atomic E-state index is -7.36. The van der Waals surface area contributed by atoms with Gasteiger partial charge in [0.2, 0.25) is 0 Å². The summed E-state index contributed by atoms with van der Waals surface area (Å²) in [6.45, 7) is 0. The number of rotatable bonds is 9. The number of nitrogens with zero attached hydrogens (tertiary/aromatic N) is 2. The van der Waals surface area contributed by atoms with Gasteiger partial charge in [0.15, 0.2) is 0 Å². The number of benzene rings is 4. The predicted octanol–water partition coefficient (Wildman–Crippen LogP) is 17.9. The Morgan fingerprint density at radius 1 is 0.382 bits per heavy atom. The average Bonchev–Trinajstić information content (AvgIpc) is 4.13. The molecule has 0 fully saturated rings. The van der Waals surface area contributed by atoms with E-state index in [4.69, 9.17) is 51.4 Å². The zero-order valence-electron chi connectivity index (χ0n) is 33.8. The van der Waals surface area contributed by atoms with Crippen molar-refractivity contribution in [2.45, 2.75) is 27.6 Å². The first-order valence-electron chi connectivity index (χ1n) is 19.8. The molecule has 0 aliphatic carbocycles. The van der Waals surface area contributed by atoms with Crippen molar-refractivity contribution in [2.24, 2.45) is 0 Å². The third-order valence-corrected chi connectivity index (χ3v) is 13.0. The smallest absolute Gasteiger partial charge is 0.354 e. The van der Waals surface area contributed by atoms with Gasteiger partial charge >= 0.3 is 27.6 Å². The van der Waals surface area contributed by atoms with Gasteiger partial charge in [-0.3, -0.25) is 0 Å². The van der Waals surface area contributed by atoms with E-state index >= 15 is 26.3 Å². The van der Waals surface area contributed by atoms with Crippen molar-refractivity contribution in [1.29, 1.82) is 0 Å².